The van der Waals surface area contributed by atoms with Crippen LogP contribution in [0.25, 0.3) is 0 Å². The molecule has 6 heteroatoms. The third-order valence-electron chi connectivity index (χ3n) is 3.40. The number of carboxylic acid groups (broad SMARTS) is 1. The van der Waals surface area contributed by atoms with Crippen molar-refractivity contribution in [3.8, 4) is 0 Å². The maximum absolute atomic E-state index is 12.1. The lowest BCUT2D eigenvalue weighted by molar-refractivity contribution is 0.0697. The van der Waals surface area contributed by atoms with Crippen molar-refractivity contribution in [3.05, 3.63) is 41.6 Å². The number of rotatable bonds is 5. The number of carbonyl (C=O) groups is 2. The molecule has 1 aromatic carbocycles. The smallest absolute Gasteiger partial charge is 0.335 e. The van der Waals surface area contributed by atoms with Gasteiger partial charge in [0.25, 0.3) is 0 Å². The summed E-state index contributed by atoms with van der Waals surface area (Å²) in [6.45, 7) is 2.50. The van der Waals surface area contributed by atoms with Crippen LogP contribution in [0.2, 0.25) is 0 Å². The molecule has 0 bridgehead atoms. The quantitative estimate of drug-likeness (QED) is 0.871. The van der Waals surface area contributed by atoms with Crippen LogP contribution in [0.1, 0.15) is 23.7 Å². The highest BCUT2D eigenvalue weighted by molar-refractivity contribution is 5.96. The SMILES string of the molecule is COCCC1=CN(c2ccc(C(=O)O)cc2)C(=O)NC1C. The molecule has 1 aliphatic rings. The molecule has 0 aliphatic carbocycles. The van der Waals surface area contributed by atoms with Gasteiger partial charge in [-0.2, -0.15) is 0 Å². The molecule has 1 unspecified atom stereocenters. The molecule has 0 saturated heterocycles. The number of carboxylic acids is 1. The Hall–Kier alpha value is -2.34. The molecule has 21 heavy (non-hydrogen) atoms. The number of nitrogens with one attached hydrogen (secondary N) is 1. The first-order valence-electron chi connectivity index (χ1n) is 6.65. The summed E-state index contributed by atoms with van der Waals surface area (Å²) in [5.41, 5.74) is 1.87. The van der Waals surface area contributed by atoms with Crippen molar-refractivity contribution in [2.24, 2.45) is 0 Å². The topological polar surface area (TPSA) is 78.9 Å². The molecule has 2 amide bonds. The second kappa shape index (κ2) is 6.41. The lowest BCUT2D eigenvalue weighted by atomic mass is 10.0. The minimum Gasteiger partial charge on any atom is -0.478 e. The largest absolute Gasteiger partial charge is 0.478 e. The van der Waals surface area contributed by atoms with Crippen LogP contribution in [0.4, 0.5) is 10.5 Å². The van der Waals surface area contributed by atoms with E-state index in [1.807, 2.05) is 6.92 Å². The fourth-order valence-corrected chi connectivity index (χ4v) is 2.14. The number of nitrogens with zero attached hydrogens (tertiary/aromatic N) is 1. The maximum atomic E-state index is 12.1. The van der Waals surface area contributed by atoms with Gasteiger partial charge >= 0.3 is 12.0 Å². The van der Waals surface area contributed by atoms with Crippen molar-refractivity contribution in [2.45, 2.75) is 19.4 Å². The number of urea groups is 1. The molecule has 2 rings (SSSR count). The number of methoxy groups -OCH3 is 1. The van der Waals surface area contributed by atoms with Crippen LogP contribution in [0.5, 0.6) is 0 Å². The van der Waals surface area contributed by atoms with E-state index in [1.165, 1.54) is 17.0 Å². The predicted octanol–water partition coefficient (Wildman–Crippen LogP) is 2.22. The molecule has 1 atom stereocenters. The van der Waals surface area contributed by atoms with Crippen molar-refractivity contribution < 1.29 is 19.4 Å². The average molecular weight is 290 g/mol. The highest BCUT2D eigenvalue weighted by Crippen LogP contribution is 2.22. The van der Waals surface area contributed by atoms with E-state index in [4.69, 9.17) is 9.84 Å². The first kappa shape index (κ1) is 15.1. The Morgan fingerprint density at radius 3 is 2.62 bits per heavy atom. The van der Waals surface area contributed by atoms with Gasteiger partial charge in [-0.05, 0) is 43.2 Å². The normalized spacial score (nSPS) is 18.2. The van der Waals surface area contributed by atoms with Crippen LogP contribution >= 0.6 is 0 Å². The molecule has 6 nitrogen and oxygen atoms in total. The van der Waals surface area contributed by atoms with Gasteiger partial charge in [-0.1, -0.05) is 0 Å². The van der Waals surface area contributed by atoms with Gasteiger partial charge in [-0.25, -0.2) is 9.59 Å². The molecular weight excluding hydrogens is 272 g/mol. The van der Waals surface area contributed by atoms with Crippen molar-refractivity contribution in [2.75, 3.05) is 18.6 Å². The number of hydrogen-bond donors (Lipinski definition) is 2. The van der Waals surface area contributed by atoms with Gasteiger partial charge in [0.05, 0.1) is 23.9 Å². The standard InChI is InChI=1S/C15H18N2O4/c1-10-12(7-8-21-2)9-17(15(20)16-10)13-5-3-11(4-6-13)14(18)19/h3-6,9-10H,7-8H2,1-2H3,(H,16,20)(H,18,19). The summed E-state index contributed by atoms with van der Waals surface area (Å²) < 4.78 is 5.07. The van der Waals surface area contributed by atoms with Crippen molar-refractivity contribution in [1.82, 2.24) is 5.32 Å². The second-order valence-electron chi connectivity index (χ2n) is 4.84. The number of hydrogen-bond acceptors (Lipinski definition) is 3. The van der Waals surface area contributed by atoms with Crippen LogP contribution in [-0.2, 0) is 4.74 Å². The lowest BCUT2D eigenvalue weighted by Crippen LogP contribution is -2.47. The zero-order valence-electron chi connectivity index (χ0n) is 12.0. The molecule has 112 valence electrons. The second-order valence-corrected chi connectivity index (χ2v) is 4.84. The van der Waals surface area contributed by atoms with Gasteiger partial charge in [0, 0.05) is 13.3 Å². The van der Waals surface area contributed by atoms with Crippen molar-refractivity contribution in [3.63, 3.8) is 0 Å². The van der Waals surface area contributed by atoms with Gasteiger partial charge in [0.15, 0.2) is 0 Å². The highest BCUT2D eigenvalue weighted by Gasteiger charge is 2.24. The van der Waals surface area contributed by atoms with Crippen LogP contribution in [0.3, 0.4) is 0 Å². The number of amides is 2. The maximum Gasteiger partial charge on any atom is 0.335 e. The van der Waals surface area contributed by atoms with E-state index in [2.05, 4.69) is 5.32 Å². The van der Waals surface area contributed by atoms with Gasteiger partial charge in [-0.15, -0.1) is 0 Å². The molecule has 0 radical (unpaired) electrons. The average Bonchev–Trinajstić information content (AvgIpc) is 2.46. The Bertz CT molecular complexity index is 566. The Kier molecular flexibility index (Phi) is 4.59. The molecular formula is C15H18N2O4. The molecule has 0 spiro atoms. The Morgan fingerprint density at radius 2 is 2.05 bits per heavy atom. The summed E-state index contributed by atoms with van der Waals surface area (Å²) in [6.07, 6.45) is 2.51. The molecule has 0 aromatic heterocycles. The summed E-state index contributed by atoms with van der Waals surface area (Å²) in [5, 5.41) is 11.8. The number of anilines is 1. The number of ether oxygens (including phenoxy) is 1. The van der Waals surface area contributed by atoms with Crippen LogP contribution in [0, 0.1) is 0 Å². The van der Waals surface area contributed by atoms with E-state index in [-0.39, 0.29) is 17.6 Å². The summed E-state index contributed by atoms with van der Waals surface area (Å²) in [4.78, 5) is 24.4. The Balaban J connectivity index is 2.25. The van der Waals surface area contributed by atoms with Crippen LogP contribution < -0.4 is 10.2 Å². The first-order chi connectivity index (χ1) is 10.0. The van der Waals surface area contributed by atoms with E-state index >= 15 is 0 Å². The summed E-state index contributed by atoms with van der Waals surface area (Å²) >= 11 is 0. The third-order valence-corrected chi connectivity index (χ3v) is 3.40. The van der Waals surface area contributed by atoms with Crippen molar-refractivity contribution >= 4 is 17.7 Å². The Morgan fingerprint density at radius 1 is 1.38 bits per heavy atom. The highest BCUT2D eigenvalue weighted by atomic mass is 16.5. The van der Waals surface area contributed by atoms with Gasteiger partial charge in [0.2, 0.25) is 0 Å². The zero-order valence-corrected chi connectivity index (χ0v) is 12.0. The number of aromatic carboxylic acids is 1. The molecule has 2 N–H and O–H groups in total. The summed E-state index contributed by atoms with van der Waals surface area (Å²) in [6, 6.07) is 5.92. The number of carbonyl (C=O) groups excluding carboxylic acids is 1. The van der Waals surface area contributed by atoms with Gasteiger partial charge < -0.3 is 15.2 Å². The van der Waals surface area contributed by atoms with E-state index in [1.54, 1.807) is 25.4 Å². The van der Waals surface area contributed by atoms with E-state index < -0.39 is 5.97 Å². The lowest BCUT2D eigenvalue weighted by Gasteiger charge is -2.30. The predicted molar refractivity (Wildman–Crippen MR) is 78.5 cm³/mol. The number of benzene rings is 1. The summed E-state index contributed by atoms with van der Waals surface area (Å²) in [7, 11) is 1.63. The van der Waals surface area contributed by atoms with E-state index in [0.29, 0.717) is 12.3 Å². The minimum absolute atomic E-state index is 0.0396. The first-order valence-corrected chi connectivity index (χ1v) is 6.65. The molecule has 1 heterocycles. The minimum atomic E-state index is -0.991. The Labute approximate surface area is 123 Å². The zero-order chi connectivity index (χ0) is 15.4. The molecule has 1 aliphatic heterocycles. The van der Waals surface area contributed by atoms with Gasteiger partial charge in [-0.3, -0.25) is 4.90 Å². The monoisotopic (exact) mass is 290 g/mol. The van der Waals surface area contributed by atoms with Gasteiger partial charge in [0.1, 0.15) is 0 Å². The molecule has 0 saturated carbocycles. The van der Waals surface area contributed by atoms with Crippen LogP contribution in [0.15, 0.2) is 36.0 Å². The fraction of sp³-hybridized carbons (Fsp3) is 0.333. The van der Waals surface area contributed by atoms with Crippen molar-refractivity contribution in [1.29, 1.82) is 0 Å². The van der Waals surface area contributed by atoms with E-state index in [0.717, 1.165) is 12.0 Å². The van der Waals surface area contributed by atoms with Crippen LogP contribution in [-0.4, -0.2) is 36.9 Å². The fourth-order valence-electron chi connectivity index (χ4n) is 2.14. The molecule has 1 aromatic rings. The third kappa shape index (κ3) is 3.41. The summed E-state index contributed by atoms with van der Waals surface area (Å²) in [5.74, 6) is -0.991. The molecule has 0 fully saturated rings. The van der Waals surface area contributed by atoms with E-state index in [9.17, 15) is 9.59 Å².